The molecule has 0 aliphatic carbocycles. The first-order chi connectivity index (χ1) is 8.08. The molecule has 1 aliphatic rings. The predicted molar refractivity (Wildman–Crippen MR) is 59.4 cm³/mol. The fourth-order valence-corrected chi connectivity index (χ4v) is 1.53. The molecule has 96 valence electrons. The van der Waals surface area contributed by atoms with E-state index in [1.54, 1.807) is 0 Å². The summed E-state index contributed by atoms with van der Waals surface area (Å²) in [7, 11) is 0. The second-order valence-corrected chi connectivity index (χ2v) is 3.94. The molecule has 1 fully saturated rings. The van der Waals surface area contributed by atoms with Gasteiger partial charge in [0.2, 0.25) is 5.91 Å². The van der Waals surface area contributed by atoms with Crippen LogP contribution in [-0.2, 0) is 9.59 Å². The number of amides is 3. The Morgan fingerprint density at radius 3 is 2.82 bits per heavy atom. The van der Waals surface area contributed by atoms with Crippen LogP contribution in [0.2, 0.25) is 0 Å². The number of aliphatic carboxylic acids is 1. The second-order valence-electron chi connectivity index (χ2n) is 3.94. The van der Waals surface area contributed by atoms with E-state index < -0.39 is 5.97 Å². The minimum Gasteiger partial charge on any atom is -0.481 e. The first-order valence-corrected chi connectivity index (χ1v) is 5.61. The van der Waals surface area contributed by atoms with Crippen LogP contribution in [-0.4, -0.2) is 42.1 Å². The largest absolute Gasteiger partial charge is 0.481 e. The Hall–Kier alpha value is -1.79. The van der Waals surface area contributed by atoms with Crippen molar-refractivity contribution in [3.8, 4) is 0 Å². The zero-order valence-electron chi connectivity index (χ0n) is 9.49. The molecule has 0 saturated carbocycles. The Balaban J connectivity index is 2.08. The van der Waals surface area contributed by atoms with E-state index in [2.05, 4.69) is 16.0 Å². The van der Waals surface area contributed by atoms with Gasteiger partial charge >= 0.3 is 12.0 Å². The molecule has 0 bridgehead atoms. The van der Waals surface area contributed by atoms with Crippen LogP contribution in [0, 0.1) is 0 Å². The maximum atomic E-state index is 11.4. The number of nitrogens with one attached hydrogen (secondary N) is 3. The Bertz CT molecular complexity index is 296. The summed E-state index contributed by atoms with van der Waals surface area (Å²) < 4.78 is 0. The highest BCUT2D eigenvalue weighted by atomic mass is 16.4. The van der Waals surface area contributed by atoms with Gasteiger partial charge in [-0.2, -0.15) is 0 Å². The summed E-state index contributed by atoms with van der Waals surface area (Å²) in [5.74, 6) is -0.868. The number of hydrogen-bond acceptors (Lipinski definition) is 3. The molecule has 0 aromatic carbocycles. The SMILES string of the molecule is O=C(O)CCCNC(=O)NC1CCC(=O)NC1. The van der Waals surface area contributed by atoms with Crippen LogP contribution in [0.5, 0.6) is 0 Å². The van der Waals surface area contributed by atoms with Crippen molar-refractivity contribution in [2.75, 3.05) is 13.1 Å². The number of carboxylic acids is 1. The van der Waals surface area contributed by atoms with Gasteiger partial charge in [0.05, 0.1) is 0 Å². The van der Waals surface area contributed by atoms with Crippen LogP contribution >= 0.6 is 0 Å². The second kappa shape index (κ2) is 6.72. The molecule has 1 heterocycles. The molecule has 1 aliphatic heterocycles. The number of carboxylic acid groups (broad SMARTS) is 1. The third kappa shape index (κ3) is 5.74. The van der Waals surface area contributed by atoms with Crippen LogP contribution in [0.25, 0.3) is 0 Å². The minimum absolute atomic E-state index is 0.00455. The average molecular weight is 243 g/mol. The fraction of sp³-hybridized carbons (Fsp3) is 0.700. The molecule has 0 aromatic heterocycles. The summed E-state index contributed by atoms with van der Waals surface area (Å²) in [6, 6.07) is -0.372. The van der Waals surface area contributed by atoms with Crippen molar-refractivity contribution in [2.24, 2.45) is 0 Å². The normalized spacial score (nSPS) is 19.3. The van der Waals surface area contributed by atoms with Crippen molar-refractivity contribution in [2.45, 2.75) is 31.7 Å². The molecule has 0 radical (unpaired) electrons. The van der Waals surface area contributed by atoms with Gasteiger partial charge in [0, 0.05) is 32.0 Å². The van der Waals surface area contributed by atoms with Gasteiger partial charge in [-0.05, 0) is 12.8 Å². The standard InChI is InChI=1S/C10H17N3O4/c14-8-4-3-7(6-12-8)13-10(17)11-5-1-2-9(15)16/h7H,1-6H2,(H,12,14)(H,15,16)(H2,11,13,17). The van der Waals surface area contributed by atoms with E-state index in [1.807, 2.05) is 0 Å². The number of carbonyl (C=O) groups excluding carboxylic acids is 2. The summed E-state index contributed by atoms with van der Waals surface area (Å²) in [5.41, 5.74) is 0. The summed E-state index contributed by atoms with van der Waals surface area (Å²) in [5, 5.41) is 16.3. The molecule has 0 spiro atoms. The highest BCUT2D eigenvalue weighted by Crippen LogP contribution is 2.02. The van der Waals surface area contributed by atoms with Gasteiger partial charge in [0.25, 0.3) is 0 Å². The predicted octanol–water partition coefficient (Wildman–Crippen LogP) is -0.571. The van der Waals surface area contributed by atoms with Crippen LogP contribution < -0.4 is 16.0 Å². The fourth-order valence-electron chi connectivity index (χ4n) is 1.53. The van der Waals surface area contributed by atoms with E-state index in [0.717, 1.165) is 0 Å². The Labute approximate surface area is 98.9 Å². The van der Waals surface area contributed by atoms with Crippen LogP contribution in [0.4, 0.5) is 4.79 Å². The summed E-state index contributed by atoms with van der Waals surface area (Å²) in [4.78, 5) is 32.5. The Morgan fingerprint density at radius 2 is 2.24 bits per heavy atom. The molecular weight excluding hydrogens is 226 g/mol. The van der Waals surface area contributed by atoms with Gasteiger partial charge < -0.3 is 21.1 Å². The molecule has 0 aromatic rings. The van der Waals surface area contributed by atoms with Crippen LogP contribution in [0.1, 0.15) is 25.7 Å². The van der Waals surface area contributed by atoms with E-state index in [0.29, 0.717) is 32.4 Å². The average Bonchev–Trinajstić information content (AvgIpc) is 2.27. The van der Waals surface area contributed by atoms with Gasteiger partial charge in [0.1, 0.15) is 0 Å². The molecule has 1 rings (SSSR count). The maximum Gasteiger partial charge on any atom is 0.315 e. The van der Waals surface area contributed by atoms with Crippen molar-refractivity contribution in [3.05, 3.63) is 0 Å². The lowest BCUT2D eigenvalue weighted by Crippen LogP contribution is -2.50. The lowest BCUT2D eigenvalue weighted by Gasteiger charge is -2.23. The maximum absolute atomic E-state index is 11.4. The van der Waals surface area contributed by atoms with Gasteiger partial charge in [0.15, 0.2) is 0 Å². The highest BCUT2D eigenvalue weighted by Gasteiger charge is 2.19. The van der Waals surface area contributed by atoms with Crippen molar-refractivity contribution in [1.29, 1.82) is 0 Å². The van der Waals surface area contributed by atoms with Crippen molar-refractivity contribution < 1.29 is 19.5 Å². The molecule has 17 heavy (non-hydrogen) atoms. The topological polar surface area (TPSA) is 108 Å². The number of carbonyl (C=O) groups is 3. The number of urea groups is 1. The van der Waals surface area contributed by atoms with Crippen LogP contribution in [0.15, 0.2) is 0 Å². The Kier molecular flexibility index (Phi) is 5.25. The minimum atomic E-state index is -0.873. The summed E-state index contributed by atoms with van der Waals surface area (Å²) in [6.07, 6.45) is 1.50. The first kappa shape index (κ1) is 13.3. The van der Waals surface area contributed by atoms with E-state index in [-0.39, 0.29) is 24.4 Å². The van der Waals surface area contributed by atoms with Gasteiger partial charge in [-0.15, -0.1) is 0 Å². The van der Waals surface area contributed by atoms with Crippen molar-refractivity contribution in [1.82, 2.24) is 16.0 Å². The number of rotatable bonds is 5. The third-order valence-corrected chi connectivity index (χ3v) is 2.45. The van der Waals surface area contributed by atoms with Gasteiger partial charge in [-0.25, -0.2) is 4.79 Å². The molecule has 7 nitrogen and oxygen atoms in total. The number of piperidine rings is 1. The van der Waals surface area contributed by atoms with E-state index >= 15 is 0 Å². The third-order valence-electron chi connectivity index (χ3n) is 2.45. The van der Waals surface area contributed by atoms with E-state index in [9.17, 15) is 14.4 Å². The van der Waals surface area contributed by atoms with Crippen LogP contribution in [0.3, 0.4) is 0 Å². The zero-order valence-corrected chi connectivity index (χ0v) is 9.49. The lowest BCUT2D eigenvalue weighted by molar-refractivity contribution is -0.137. The van der Waals surface area contributed by atoms with E-state index in [1.165, 1.54) is 0 Å². The highest BCUT2D eigenvalue weighted by molar-refractivity contribution is 5.78. The summed E-state index contributed by atoms with van der Waals surface area (Å²) in [6.45, 7) is 0.776. The lowest BCUT2D eigenvalue weighted by atomic mass is 10.1. The summed E-state index contributed by atoms with van der Waals surface area (Å²) >= 11 is 0. The monoisotopic (exact) mass is 243 g/mol. The molecule has 1 atom stereocenters. The smallest absolute Gasteiger partial charge is 0.315 e. The zero-order chi connectivity index (χ0) is 12.7. The molecule has 7 heteroatoms. The molecular formula is C10H17N3O4. The molecule has 4 N–H and O–H groups in total. The first-order valence-electron chi connectivity index (χ1n) is 5.61. The Morgan fingerprint density at radius 1 is 1.47 bits per heavy atom. The van der Waals surface area contributed by atoms with E-state index in [4.69, 9.17) is 5.11 Å². The van der Waals surface area contributed by atoms with Crippen molar-refractivity contribution in [3.63, 3.8) is 0 Å². The molecule has 1 saturated heterocycles. The molecule has 1 unspecified atom stereocenters. The van der Waals surface area contributed by atoms with Gasteiger partial charge in [-0.1, -0.05) is 0 Å². The number of hydrogen-bond donors (Lipinski definition) is 4. The van der Waals surface area contributed by atoms with Crippen molar-refractivity contribution >= 4 is 17.9 Å². The molecule has 3 amide bonds. The van der Waals surface area contributed by atoms with Gasteiger partial charge in [-0.3, -0.25) is 9.59 Å². The quantitative estimate of drug-likeness (QED) is 0.485.